The van der Waals surface area contributed by atoms with Gasteiger partial charge >= 0.3 is 5.97 Å². The minimum atomic E-state index is -1.09. The van der Waals surface area contributed by atoms with Crippen molar-refractivity contribution in [3.8, 4) is 5.69 Å². The third-order valence-corrected chi connectivity index (χ3v) is 2.93. The molecule has 2 rings (SSSR count). The van der Waals surface area contributed by atoms with Crippen LogP contribution in [0, 0.1) is 12.7 Å². The van der Waals surface area contributed by atoms with Gasteiger partial charge in [-0.25, -0.2) is 14.2 Å². The monoisotopic (exact) mass is 298 g/mol. The van der Waals surface area contributed by atoms with Crippen LogP contribution in [0.2, 0.25) is 0 Å². The third kappa shape index (κ3) is 2.21. The molecule has 1 aromatic carbocycles. The van der Waals surface area contributed by atoms with Crippen molar-refractivity contribution in [2.75, 3.05) is 0 Å². The molecule has 0 bridgehead atoms. The van der Waals surface area contributed by atoms with Crippen LogP contribution < -0.4 is 0 Å². The Bertz CT molecular complexity index is 595. The van der Waals surface area contributed by atoms with Crippen LogP contribution in [0.3, 0.4) is 0 Å². The van der Waals surface area contributed by atoms with Gasteiger partial charge in [-0.15, -0.1) is 0 Å². The average molecular weight is 299 g/mol. The van der Waals surface area contributed by atoms with Gasteiger partial charge in [-0.1, -0.05) is 0 Å². The summed E-state index contributed by atoms with van der Waals surface area (Å²) in [6.07, 6.45) is 2.77. The van der Waals surface area contributed by atoms with Gasteiger partial charge in [-0.3, -0.25) is 0 Å². The van der Waals surface area contributed by atoms with Gasteiger partial charge in [-0.05, 0) is 40.5 Å². The summed E-state index contributed by atoms with van der Waals surface area (Å²) in [5, 5.41) is 8.77. The first kappa shape index (κ1) is 11.8. The number of carboxylic acids is 1. The molecule has 88 valence electrons. The van der Waals surface area contributed by atoms with Crippen LogP contribution in [0.1, 0.15) is 16.1 Å². The Morgan fingerprint density at radius 3 is 2.82 bits per heavy atom. The van der Waals surface area contributed by atoms with E-state index in [9.17, 15) is 9.18 Å². The van der Waals surface area contributed by atoms with Crippen LogP contribution in [-0.4, -0.2) is 20.6 Å². The summed E-state index contributed by atoms with van der Waals surface area (Å²) >= 11 is 3.09. The molecule has 4 nitrogen and oxygen atoms in total. The highest BCUT2D eigenvalue weighted by Gasteiger charge is 2.11. The number of hydrogen-bond acceptors (Lipinski definition) is 2. The first-order valence-corrected chi connectivity index (χ1v) is 5.51. The van der Waals surface area contributed by atoms with Gasteiger partial charge in [0.2, 0.25) is 0 Å². The van der Waals surface area contributed by atoms with Crippen LogP contribution in [0.15, 0.2) is 29.1 Å². The van der Waals surface area contributed by atoms with Crippen LogP contribution in [0.4, 0.5) is 4.39 Å². The van der Waals surface area contributed by atoms with Crippen molar-refractivity contribution in [2.24, 2.45) is 0 Å². The molecule has 0 unspecified atom stereocenters. The molecule has 0 aliphatic carbocycles. The van der Waals surface area contributed by atoms with Gasteiger partial charge in [0.25, 0.3) is 0 Å². The normalized spacial score (nSPS) is 10.5. The molecule has 1 heterocycles. The summed E-state index contributed by atoms with van der Waals surface area (Å²) in [6.45, 7) is 1.74. The number of aromatic carboxylic acids is 1. The predicted molar refractivity (Wildman–Crippen MR) is 62.9 cm³/mol. The number of carbonyl (C=O) groups is 1. The van der Waals surface area contributed by atoms with Crippen LogP contribution in [0.5, 0.6) is 0 Å². The Morgan fingerprint density at radius 2 is 2.24 bits per heavy atom. The lowest BCUT2D eigenvalue weighted by molar-refractivity contribution is 0.0691. The number of carboxylic acid groups (broad SMARTS) is 1. The van der Waals surface area contributed by atoms with Crippen LogP contribution in [0.25, 0.3) is 5.69 Å². The molecule has 0 spiro atoms. The molecule has 0 aliphatic rings. The summed E-state index contributed by atoms with van der Waals surface area (Å²) in [5.74, 6) is -1.45. The van der Waals surface area contributed by atoms with Gasteiger partial charge in [0.05, 0.1) is 10.2 Å². The van der Waals surface area contributed by atoms with E-state index in [4.69, 9.17) is 5.11 Å². The standard InChI is InChI=1S/C11H8BrFN2O2/c1-6-2-8(13)7(12)3-10(6)15-4-9(11(16)17)14-5-15/h2-5H,1H3,(H,16,17). The molecule has 0 saturated heterocycles. The molecule has 0 radical (unpaired) electrons. The van der Waals surface area contributed by atoms with Gasteiger partial charge < -0.3 is 9.67 Å². The largest absolute Gasteiger partial charge is 0.476 e. The molecular formula is C11H8BrFN2O2. The second-order valence-electron chi connectivity index (χ2n) is 3.52. The van der Waals surface area contributed by atoms with E-state index in [0.717, 1.165) is 0 Å². The summed E-state index contributed by atoms with van der Waals surface area (Å²) in [6, 6.07) is 2.96. The smallest absolute Gasteiger partial charge is 0.356 e. The highest BCUT2D eigenvalue weighted by molar-refractivity contribution is 9.10. The third-order valence-electron chi connectivity index (χ3n) is 2.32. The maximum Gasteiger partial charge on any atom is 0.356 e. The number of aromatic nitrogens is 2. The molecule has 0 aliphatic heterocycles. The zero-order valence-corrected chi connectivity index (χ0v) is 10.4. The topological polar surface area (TPSA) is 55.1 Å². The summed E-state index contributed by atoms with van der Waals surface area (Å²) in [7, 11) is 0. The van der Waals surface area contributed by atoms with E-state index in [-0.39, 0.29) is 11.5 Å². The molecule has 1 N–H and O–H groups in total. The lowest BCUT2D eigenvalue weighted by Crippen LogP contribution is -1.97. The lowest BCUT2D eigenvalue weighted by Gasteiger charge is -2.07. The highest BCUT2D eigenvalue weighted by atomic mass is 79.9. The average Bonchev–Trinajstić information content (AvgIpc) is 2.72. The Kier molecular flexibility index (Phi) is 2.97. The molecule has 6 heteroatoms. The first-order chi connectivity index (χ1) is 7.99. The number of benzene rings is 1. The fraction of sp³-hybridized carbons (Fsp3) is 0.0909. The second kappa shape index (κ2) is 4.29. The van der Waals surface area contributed by atoms with E-state index in [0.29, 0.717) is 15.7 Å². The number of nitrogens with zero attached hydrogens (tertiary/aromatic N) is 2. The molecule has 0 atom stereocenters. The van der Waals surface area contributed by atoms with Gasteiger partial charge in [0, 0.05) is 6.20 Å². The quantitative estimate of drug-likeness (QED) is 0.927. The van der Waals surface area contributed by atoms with E-state index in [2.05, 4.69) is 20.9 Å². The van der Waals surface area contributed by atoms with Crippen molar-refractivity contribution in [2.45, 2.75) is 6.92 Å². The van der Waals surface area contributed by atoms with E-state index in [1.807, 2.05) is 0 Å². The summed E-state index contributed by atoms with van der Waals surface area (Å²) in [5.41, 5.74) is 1.32. The van der Waals surface area contributed by atoms with E-state index < -0.39 is 5.97 Å². The van der Waals surface area contributed by atoms with Gasteiger partial charge in [0.15, 0.2) is 5.69 Å². The predicted octanol–water partition coefficient (Wildman–Crippen LogP) is 2.78. The Morgan fingerprint density at radius 1 is 1.53 bits per heavy atom. The van der Waals surface area contributed by atoms with E-state index in [1.165, 1.54) is 18.6 Å². The van der Waals surface area contributed by atoms with Crippen LogP contribution in [-0.2, 0) is 0 Å². The molecule has 0 amide bonds. The highest BCUT2D eigenvalue weighted by Crippen LogP contribution is 2.23. The summed E-state index contributed by atoms with van der Waals surface area (Å²) < 4.78 is 15.1. The zero-order chi connectivity index (χ0) is 12.6. The minimum Gasteiger partial charge on any atom is -0.476 e. The number of rotatable bonds is 2. The van der Waals surface area contributed by atoms with E-state index in [1.54, 1.807) is 17.6 Å². The molecule has 0 saturated carbocycles. The van der Waals surface area contributed by atoms with E-state index >= 15 is 0 Å². The molecule has 0 fully saturated rings. The lowest BCUT2D eigenvalue weighted by atomic mass is 10.2. The van der Waals surface area contributed by atoms with Crippen molar-refractivity contribution in [3.05, 3.63) is 46.2 Å². The maximum atomic E-state index is 13.2. The number of aryl methyl sites for hydroxylation is 1. The zero-order valence-electron chi connectivity index (χ0n) is 8.82. The molecule has 1 aromatic heterocycles. The molecule has 17 heavy (non-hydrogen) atoms. The van der Waals surface area contributed by atoms with Crippen molar-refractivity contribution in [3.63, 3.8) is 0 Å². The minimum absolute atomic E-state index is 0.0511. The van der Waals surface area contributed by atoms with Crippen molar-refractivity contribution >= 4 is 21.9 Å². The van der Waals surface area contributed by atoms with Crippen LogP contribution >= 0.6 is 15.9 Å². The summed E-state index contributed by atoms with van der Waals surface area (Å²) in [4.78, 5) is 14.4. The molecule has 2 aromatic rings. The van der Waals surface area contributed by atoms with Gasteiger partial charge in [0.1, 0.15) is 12.1 Å². The number of imidazole rings is 1. The SMILES string of the molecule is Cc1cc(F)c(Br)cc1-n1cnc(C(=O)O)c1. The fourth-order valence-electron chi connectivity index (χ4n) is 1.48. The first-order valence-electron chi connectivity index (χ1n) is 4.72. The number of halogens is 2. The van der Waals surface area contributed by atoms with Crippen molar-refractivity contribution < 1.29 is 14.3 Å². The van der Waals surface area contributed by atoms with Crippen molar-refractivity contribution in [1.82, 2.24) is 9.55 Å². The molecular weight excluding hydrogens is 291 g/mol. The number of hydrogen-bond donors (Lipinski definition) is 1. The maximum absolute atomic E-state index is 13.2. The Hall–Kier alpha value is -1.69. The Balaban J connectivity index is 2.52. The second-order valence-corrected chi connectivity index (χ2v) is 4.38. The van der Waals surface area contributed by atoms with Crippen molar-refractivity contribution in [1.29, 1.82) is 0 Å². The fourth-order valence-corrected chi connectivity index (χ4v) is 1.81. The Labute approximate surface area is 105 Å². The van der Waals surface area contributed by atoms with Gasteiger partial charge in [-0.2, -0.15) is 0 Å².